The Hall–Kier alpha value is -2.60. The second kappa shape index (κ2) is 8.86. The number of nitrogens with one attached hydrogen (secondary N) is 1. The Morgan fingerprint density at radius 1 is 1.00 bits per heavy atom. The fourth-order valence-corrected chi connectivity index (χ4v) is 3.15. The van der Waals surface area contributed by atoms with E-state index in [1.54, 1.807) is 0 Å². The van der Waals surface area contributed by atoms with Gasteiger partial charge in [-0.2, -0.15) is 0 Å². The molecule has 0 aliphatic carbocycles. The van der Waals surface area contributed by atoms with Crippen molar-refractivity contribution < 1.29 is 9.59 Å². The normalized spacial score (nSPS) is 15.1. The molecule has 27 heavy (non-hydrogen) atoms. The maximum atomic E-state index is 12.7. The van der Waals surface area contributed by atoms with E-state index in [-0.39, 0.29) is 11.8 Å². The third kappa shape index (κ3) is 5.20. The first-order valence-electron chi connectivity index (χ1n) is 9.54. The smallest absolute Gasteiger partial charge is 0.253 e. The van der Waals surface area contributed by atoms with Crippen molar-refractivity contribution in [3.63, 3.8) is 0 Å². The fraction of sp³-hybridized carbons (Fsp3) is 0.429. The second-order valence-electron chi connectivity index (χ2n) is 7.40. The van der Waals surface area contributed by atoms with E-state index in [1.807, 2.05) is 58.3 Å². The molecule has 1 aromatic heterocycles. The van der Waals surface area contributed by atoms with Crippen LogP contribution in [-0.4, -0.2) is 65.4 Å². The minimum absolute atomic E-state index is 0.0537. The predicted octanol–water partition coefficient (Wildman–Crippen LogP) is 2.01. The number of carbonyl (C=O) groups excluding carboxylic acids is 2. The van der Waals surface area contributed by atoms with E-state index in [0.717, 1.165) is 18.8 Å². The van der Waals surface area contributed by atoms with Crippen molar-refractivity contribution in [2.24, 2.45) is 5.92 Å². The Labute approximate surface area is 160 Å². The Balaban J connectivity index is 1.49. The molecule has 1 aliphatic rings. The molecule has 1 fully saturated rings. The minimum Gasteiger partial charge on any atom is -0.355 e. The van der Waals surface area contributed by atoms with Gasteiger partial charge in [-0.05, 0) is 42.3 Å². The third-order valence-corrected chi connectivity index (χ3v) is 4.75. The summed E-state index contributed by atoms with van der Waals surface area (Å²) in [6.45, 7) is 8.01. The van der Waals surface area contributed by atoms with E-state index in [0.29, 0.717) is 37.7 Å². The van der Waals surface area contributed by atoms with Crippen LogP contribution in [0.15, 0.2) is 48.8 Å². The molecule has 0 atom stereocenters. The van der Waals surface area contributed by atoms with Crippen LogP contribution >= 0.6 is 0 Å². The van der Waals surface area contributed by atoms with Gasteiger partial charge in [-0.3, -0.25) is 14.5 Å². The zero-order valence-electron chi connectivity index (χ0n) is 16.1. The van der Waals surface area contributed by atoms with Crippen molar-refractivity contribution >= 4 is 11.8 Å². The van der Waals surface area contributed by atoms with Gasteiger partial charge >= 0.3 is 0 Å². The molecule has 6 nitrogen and oxygen atoms in total. The van der Waals surface area contributed by atoms with E-state index >= 15 is 0 Å². The number of rotatable bonds is 6. The number of nitrogens with zero attached hydrogens (tertiary/aromatic N) is 3. The van der Waals surface area contributed by atoms with Gasteiger partial charge in [0.1, 0.15) is 0 Å². The highest BCUT2D eigenvalue weighted by atomic mass is 16.2. The molecule has 1 saturated heterocycles. The molecule has 3 rings (SSSR count). The van der Waals surface area contributed by atoms with Crippen molar-refractivity contribution in [2.75, 3.05) is 39.3 Å². The van der Waals surface area contributed by atoms with Crippen molar-refractivity contribution in [3.8, 4) is 5.69 Å². The van der Waals surface area contributed by atoms with E-state index < -0.39 is 0 Å². The van der Waals surface area contributed by atoms with Gasteiger partial charge < -0.3 is 14.8 Å². The number of benzene rings is 1. The largest absolute Gasteiger partial charge is 0.355 e. The molecule has 144 valence electrons. The Bertz CT molecular complexity index is 745. The topological polar surface area (TPSA) is 57.6 Å². The summed E-state index contributed by atoms with van der Waals surface area (Å²) in [5.74, 6) is 0.564. The highest BCUT2D eigenvalue weighted by Crippen LogP contribution is 2.13. The molecule has 2 amide bonds. The molecule has 1 N–H and O–H groups in total. The van der Waals surface area contributed by atoms with Crippen molar-refractivity contribution in [1.29, 1.82) is 0 Å². The van der Waals surface area contributed by atoms with Crippen LogP contribution in [0.4, 0.5) is 0 Å². The van der Waals surface area contributed by atoms with E-state index in [9.17, 15) is 9.59 Å². The summed E-state index contributed by atoms with van der Waals surface area (Å²) >= 11 is 0. The van der Waals surface area contributed by atoms with Gasteiger partial charge in [-0.1, -0.05) is 13.8 Å². The van der Waals surface area contributed by atoms with Crippen molar-refractivity contribution in [1.82, 2.24) is 19.7 Å². The molecule has 2 aromatic rings. The number of piperazine rings is 1. The number of aromatic nitrogens is 1. The lowest BCUT2D eigenvalue weighted by Gasteiger charge is -2.34. The quantitative estimate of drug-likeness (QED) is 0.849. The van der Waals surface area contributed by atoms with Crippen molar-refractivity contribution in [3.05, 3.63) is 54.4 Å². The molecule has 1 aromatic carbocycles. The fourth-order valence-electron chi connectivity index (χ4n) is 3.15. The first-order chi connectivity index (χ1) is 13.0. The number of amides is 2. The zero-order valence-corrected chi connectivity index (χ0v) is 16.1. The highest BCUT2D eigenvalue weighted by Gasteiger charge is 2.23. The first-order valence-corrected chi connectivity index (χ1v) is 9.54. The minimum atomic E-state index is 0.0537. The van der Waals surface area contributed by atoms with Crippen LogP contribution in [0.2, 0.25) is 0 Å². The molecule has 0 spiro atoms. The van der Waals surface area contributed by atoms with Crippen LogP contribution < -0.4 is 5.32 Å². The van der Waals surface area contributed by atoms with Crippen LogP contribution in [0.1, 0.15) is 24.2 Å². The highest BCUT2D eigenvalue weighted by molar-refractivity contribution is 5.94. The van der Waals surface area contributed by atoms with Gasteiger partial charge in [0.15, 0.2) is 0 Å². The SMILES string of the molecule is CC(C)CNC(=O)CN1CCN(C(=O)c2ccc(-n3cccc3)cc2)CC1. The number of carbonyl (C=O) groups is 2. The second-order valence-corrected chi connectivity index (χ2v) is 7.40. The molecule has 1 aliphatic heterocycles. The summed E-state index contributed by atoms with van der Waals surface area (Å²) in [5, 5.41) is 2.94. The van der Waals surface area contributed by atoms with Crippen LogP contribution in [0.5, 0.6) is 0 Å². The summed E-state index contributed by atoms with van der Waals surface area (Å²) in [4.78, 5) is 28.6. The van der Waals surface area contributed by atoms with Crippen LogP contribution in [0.25, 0.3) is 5.69 Å². The summed E-state index contributed by atoms with van der Waals surface area (Å²) in [7, 11) is 0. The number of hydrogen-bond acceptors (Lipinski definition) is 3. The van der Waals surface area contributed by atoms with Crippen LogP contribution in [-0.2, 0) is 4.79 Å². The summed E-state index contributed by atoms with van der Waals surface area (Å²) in [6, 6.07) is 11.6. The van der Waals surface area contributed by atoms with Gasteiger partial charge in [0.05, 0.1) is 6.54 Å². The maximum Gasteiger partial charge on any atom is 0.253 e. The Morgan fingerprint density at radius 3 is 2.22 bits per heavy atom. The predicted molar refractivity (Wildman–Crippen MR) is 106 cm³/mol. The molecule has 6 heteroatoms. The van der Waals surface area contributed by atoms with Crippen molar-refractivity contribution in [2.45, 2.75) is 13.8 Å². The lowest BCUT2D eigenvalue weighted by atomic mass is 10.1. The Kier molecular flexibility index (Phi) is 6.29. The average Bonchev–Trinajstić information content (AvgIpc) is 3.21. The van der Waals surface area contributed by atoms with Crippen LogP contribution in [0.3, 0.4) is 0 Å². The van der Waals surface area contributed by atoms with Gasteiger partial charge in [-0.15, -0.1) is 0 Å². The standard InChI is InChI=1S/C21H28N4O2/c1-17(2)15-22-20(26)16-23-11-13-25(14-12-23)21(27)18-5-7-19(8-6-18)24-9-3-4-10-24/h3-10,17H,11-16H2,1-2H3,(H,22,26). The Morgan fingerprint density at radius 2 is 1.63 bits per heavy atom. The van der Waals surface area contributed by atoms with Gasteiger partial charge in [0.2, 0.25) is 5.91 Å². The molecular formula is C21H28N4O2. The third-order valence-electron chi connectivity index (χ3n) is 4.75. The molecule has 0 saturated carbocycles. The lowest BCUT2D eigenvalue weighted by molar-refractivity contribution is -0.122. The van der Waals surface area contributed by atoms with E-state index in [1.165, 1.54) is 0 Å². The molecule has 0 bridgehead atoms. The molecular weight excluding hydrogens is 340 g/mol. The summed E-state index contributed by atoms with van der Waals surface area (Å²) in [6.07, 6.45) is 3.96. The van der Waals surface area contributed by atoms with E-state index in [4.69, 9.17) is 0 Å². The van der Waals surface area contributed by atoms with Gasteiger partial charge in [0.25, 0.3) is 5.91 Å². The molecule has 2 heterocycles. The number of hydrogen-bond donors (Lipinski definition) is 1. The van der Waals surface area contributed by atoms with Crippen LogP contribution in [0, 0.1) is 5.92 Å². The van der Waals surface area contributed by atoms with E-state index in [2.05, 4.69) is 24.1 Å². The molecule has 0 unspecified atom stereocenters. The maximum absolute atomic E-state index is 12.7. The van der Waals surface area contributed by atoms with Gasteiger partial charge in [-0.25, -0.2) is 0 Å². The summed E-state index contributed by atoms with van der Waals surface area (Å²) < 4.78 is 2.01. The van der Waals surface area contributed by atoms with Gasteiger partial charge in [0, 0.05) is 56.4 Å². The first kappa shape index (κ1) is 19.2. The molecule has 0 radical (unpaired) electrons. The zero-order chi connectivity index (χ0) is 19.2. The average molecular weight is 368 g/mol. The monoisotopic (exact) mass is 368 g/mol. The lowest BCUT2D eigenvalue weighted by Crippen LogP contribution is -2.51. The summed E-state index contributed by atoms with van der Waals surface area (Å²) in [5.41, 5.74) is 1.74.